The Bertz CT molecular complexity index is 596. The molecule has 20 heavy (non-hydrogen) atoms. The molecule has 5 heteroatoms. The smallest absolute Gasteiger partial charge is 0.286 e. The molecular weight excluding hydrogens is 278 g/mol. The van der Waals surface area contributed by atoms with Crippen LogP contribution in [-0.2, 0) is 10.4 Å². The highest BCUT2D eigenvalue weighted by Gasteiger charge is 2.36. The van der Waals surface area contributed by atoms with Crippen LogP contribution in [0.2, 0.25) is 5.02 Å². The van der Waals surface area contributed by atoms with Gasteiger partial charge >= 0.3 is 0 Å². The zero-order valence-electron chi connectivity index (χ0n) is 10.8. The van der Waals surface area contributed by atoms with Gasteiger partial charge in [-0.2, -0.15) is 5.06 Å². The van der Waals surface area contributed by atoms with Gasteiger partial charge in [0.05, 0.1) is 5.69 Å². The third kappa shape index (κ3) is 2.82. The molecule has 0 aliphatic carbocycles. The molecule has 2 aromatic carbocycles. The predicted molar refractivity (Wildman–Crippen MR) is 76.7 cm³/mol. The van der Waals surface area contributed by atoms with Gasteiger partial charge in [-0.1, -0.05) is 41.9 Å². The average molecular weight is 292 g/mol. The Morgan fingerprint density at radius 1 is 1.10 bits per heavy atom. The van der Waals surface area contributed by atoms with Crippen molar-refractivity contribution in [3.63, 3.8) is 0 Å². The minimum atomic E-state index is -1.85. The number of hydrogen-bond donors (Lipinski definition) is 2. The van der Waals surface area contributed by atoms with Gasteiger partial charge in [0.2, 0.25) is 0 Å². The van der Waals surface area contributed by atoms with Crippen LogP contribution in [-0.4, -0.2) is 16.2 Å². The number of carbonyl (C=O) groups excluding carboxylic acids is 1. The van der Waals surface area contributed by atoms with E-state index in [1.54, 1.807) is 54.6 Å². The summed E-state index contributed by atoms with van der Waals surface area (Å²) in [5, 5.41) is 21.3. The summed E-state index contributed by atoms with van der Waals surface area (Å²) in [7, 11) is 0. The Morgan fingerprint density at radius 3 is 2.20 bits per heavy atom. The van der Waals surface area contributed by atoms with E-state index in [-0.39, 0.29) is 5.69 Å². The molecule has 0 heterocycles. The van der Waals surface area contributed by atoms with Crippen LogP contribution in [0.1, 0.15) is 12.5 Å². The van der Waals surface area contributed by atoms with E-state index in [1.807, 2.05) is 0 Å². The molecule has 0 bridgehead atoms. The first-order chi connectivity index (χ1) is 9.43. The monoisotopic (exact) mass is 291 g/mol. The number of halogens is 1. The van der Waals surface area contributed by atoms with E-state index in [1.165, 1.54) is 6.92 Å². The molecule has 0 saturated carbocycles. The molecule has 4 nitrogen and oxygen atoms in total. The standard InChI is InChI=1S/C15H14ClNO3/c1-15(19,11-7-9-12(16)10-8-11)14(18)17(20)13-5-3-2-4-6-13/h2-10,19-20H,1H3. The van der Waals surface area contributed by atoms with Gasteiger partial charge in [0.1, 0.15) is 0 Å². The summed E-state index contributed by atoms with van der Waals surface area (Å²) in [5.41, 5.74) is -1.22. The number of anilines is 1. The fraction of sp³-hybridized carbons (Fsp3) is 0.133. The molecule has 0 fully saturated rings. The minimum absolute atomic E-state index is 0.284. The lowest BCUT2D eigenvalue weighted by atomic mass is 9.95. The number of aliphatic hydroxyl groups is 1. The molecule has 2 rings (SSSR count). The number of hydrogen-bond acceptors (Lipinski definition) is 3. The summed E-state index contributed by atoms with van der Waals surface area (Å²) >= 11 is 5.77. The number of benzene rings is 2. The van der Waals surface area contributed by atoms with Crippen molar-refractivity contribution in [1.82, 2.24) is 0 Å². The summed E-state index contributed by atoms with van der Waals surface area (Å²) in [5.74, 6) is -0.842. The van der Waals surface area contributed by atoms with E-state index in [0.29, 0.717) is 15.6 Å². The molecule has 1 amide bonds. The van der Waals surface area contributed by atoms with Crippen molar-refractivity contribution in [1.29, 1.82) is 0 Å². The number of hydroxylamine groups is 1. The Hall–Kier alpha value is -1.88. The predicted octanol–water partition coefficient (Wildman–Crippen LogP) is 2.97. The molecule has 0 aliphatic rings. The van der Waals surface area contributed by atoms with Gasteiger partial charge in [-0.05, 0) is 36.8 Å². The molecule has 1 atom stereocenters. The summed E-state index contributed by atoms with van der Waals surface area (Å²) in [6, 6.07) is 14.5. The van der Waals surface area contributed by atoms with Gasteiger partial charge in [0, 0.05) is 5.02 Å². The molecule has 104 valence electrons. The second kappa shape index (κ2) is 5.63. The van der Waals surface area contributed by atoms with E-state index >= 15 is 0 Å². The lowest BCUT2D eigenvalue weighted by Gasteiger charge is -2.27. The lowest BCUT2D eigenvalue weighted by molar-refractivity contribution is -0.141. The topological polar surface area (TPSA) is 60.8 Å². The maximum Gasteiger partial charge on any atom is 0.286 e. The fourth-order valence-corrected chi connectivity index (χ4v) is 1.92. The first kappa shape index (κ1) is 14.5. The highest BCUT2D eigenvalue weighted by Crippen LogP contribution is 2.26. The molecule has 1 unspecified atom stereocenters. The first-order valence-electron chi connectivity index (χ1n) is 6.00. The summed E-state index contributed by atoms with van der Waals surface area (Å²) in [6.07, 6.45) is 0. The number of para-hydroxylation sites is 1. The summed E-state index contributed by atoms with van der Waals surface area (Å²) in [4.78, 5) is 12.2. The van der Waals surface area contributed by atoms with E-state index in [2.05, 4.69) is 0 Å². The Morgan fingerprint density at radius 2 is 1.65 bits per heavy atom. The maximum absolute atomic E-state index is 12.2. The molecule has 2 aromatic rings. The van der Waals surface area contributed by atoms with Gasteiger partial charge in [0.25, 0.3) is 5.91 Å². The quantitative estimate of drug-likeness (QED) is 0.675. The number of rotatable bonds is 3. The van der Waals surface area contributed by atoms with Crippen LogP contribution >= 0.6 is 11.6 Å². The SMILES string of the molecule is CC(O)(C(=O)N(O)c1ccccc1)c1ccc(Cl)cc1. The fourth-order valence-electron chi connectivity index (χ4n) is 1.79. The van der Waals surface area contributed by atoms with Crippen molar-refractivity contribution in [2.75, 3.05) is 5.06 Å². The number of amides is 1. The maximum atomic E-state index is 12.2. The number of carbonyl (C=O) groups is 1. The Labute approximate surface area is 121 Å². The van der Waals surface area contributed by atoms with E-state index in [4.69, 9.17) is 11.6 Å². The first-order valence-corrected chi connectivity index (χ1v) is 6.37. The van der Waals surface area contributed by atoms with E-state index in [9.17, 15) is 15.1 Å². The Balaban J connectivity index is 2.29. The van der Waals surface area contributed by atoms with Crippen molar-refractivity contribution in [3.8, 4) is 0 Å². The minimum Gasteiger partial charge on any atom is -0.375 e. The highest BCUT2D eigenvalue weighted by molar-refractivity contribution is 6.30. The molecule has 0 aromatic heterocycles. The summed E-state index contributed by atoms with van der Waals surface area (Å²) < 4.78 is 0. The third-order valence-electron chi connectivity index (χ3n) is 3.02. The third-order valence-corrected chi connectivity index (χ3v) is 3.27. The van der Waals surface area contributed by atoms with Crippen LogP contribution in [0.5, 0.6) is 0 Å². The van der Waals surface area contributed by atoms with E-state index in [0.717, 1.165) is 0 Å². The van der Waals surface area contributed by atoms with Crippen molar-refractivity contribution in [2.45, 2.75) is 12.5 Å². The van der Waals surface area contributed by atoms with Crippen molar-refractivity contribution in [3.05, 3.63) is 65.2 Å². The molecule has 0 aliphatic heterocycles. The van der Waals surface area contributed by atoms with Crippen molar-refractivity contribution in [2.24, 2.45) is 0 Å². The lowest BCUT2D eigenvalue weighted by Crippen LogP contribution is -2.43. The van der Waals surface area contributed by atoms with Crippen molar-refractivity contribution < 1.29 is 15.1 Å². The van der Waals surface area contributed by atoms with Crippen LogP contribution in [0.25, 0.3) is 0 Å². The zero-order chi connectivity index (χ0) is 14.8. The van der Waals surface area contributed by atoms with Crippen LogP contribution in [0.4, 0.5) is 5.69 Å². The average Bonchev–Trinajstić information content (AvgIpc) is 2.47. The van der Waals surface area contributed by atoms with Gasteiger partial charge in [-0.3, -0.25) is 10.0 Å². The normalized spacial score (nSPS) is 13.6. The van der Waals surface area contributed by atoms with Crippen LogP contribution in [0, 0.1) is 0 Å². The summed E-state index contributed by atoms with van der Waals surface area (Å²) in [6.45, 7) is 1.32. The van der Waals surface area contributed by atoms with Gasteiger partial charge in [-0.25, -0.2) is 0 Å². The zero-order valence-corrected chi connectivity index (χ0v) is 11.6. The van der Waals surface area contributed by atoms with E-state index < -0.39 is 11.5 Å². The molecule has 0 radical (unpaired) electrons. The largest absolute Gasteiger partial charge is 0.375 e. The van der Waals surface area contributed by atoms with Gasteiger partial charge in [0.15, 0.2) is 5.60 Å². The second-order valence-electron chi connectivity index (χ2n) is 4.53. The highest BCUT2D eigenvalue weighted by atomic mass is 35.5. The van der Waals surface area contributed by atoms with Gasteiger partial charge < -0.3 is 5.11 Å². The molecule has 2 N–H and O–H groups in total. The van der Waals surface area contributed by atoms with Crippen LogP contribution < -0.4 is 5.06 Å². The van der Waals surface area contributed by atoms with Gasteiger partial charge in [-0.15, -0.1) is 0 Å². The second-order valence-corrected chi connectivity index (χ2v) is 4.97. The molecular formula is C15H14ClNO3. The van der Waals surface area contributed by atoms with Crippen LogP contribution in [0.3, 0.4) is 0 Å². The molecule has 0 saturated heterocycles. The van der Waals surface area contributed by atoms with Crippen LogP contribution in [0.15, 0.2) is 54.6 Å². The number of nitrogens with zero attached hydrogens (tertiary/aromatic N) is 1. The Kier molecular flexibility index (Phi) is 4.09. The molecule has 0 spiro atoms. The van der Waals surface area contributed by atoms with Crippen molar-refractivity contribution >= 4 is 23.2 Å².